The van der Waals surface area contributed by atoms with Gasteiger partial charge in [0.15, 0.2) is 0 Å². The maximum atomic E-state index is 12.8. The SMILES string of the molecule is CC1CCC2(CC1)NC(=O)N(CC(=O)NC1CCCCCCC1)C2=O. The number of carbonyl (C=O) groups is 3. The number of carbonyl (C=O) groups excluding carboxylic acids is 3. The molecule has 25 heavy (non-hydrogen) atoms. The van der Waals surface area contributed by atoms with E-state index in [1.54, 1.807) is 0 Å². The molecule has 1 heterocycles. The van der Waals surface area contributed by atoms with Crippen LogP contribution in [0.1, 0.15) is 77.6 Å². The lowest BCUT2D eigenvalue weighted by Crippen LogP contribution is -2.50. The average Bonchev–Trinajstić information content (AvgIpc) is 2.77. The topological polar surface area (TPSA) is 78.5 Å². The zero-order valence-corrected chi connectivity index (χ0v) is 15.3. The minimum absolute atomic E-state index is 0.154. The highest BCUT2D eigenvalue weighted by Crippen LogP contribution is 2.36. The van der Waals surface area contributed by atoms with Crippen molar-refractivity contribution < 1.29 is 14.4 Å². The molecule has 0 aromatic rings. The van der Waals surface area contributed by atoms with Crippen molar-refractivity contribution in [3.63, 3.8) is 0 Å². The molecule has 0 unspecified atom stereocenters. The summed E-state index contributed by atoms with van der Waals surface area (Å²) in [6.45, 7) is 2.02. The molecule has 4 amide bonds. The van der Waals surface area contributed by atoms with E-state index in [4.69, 9.17) is 0 Å². The number of nitrogens with one attached hydrogen (secondary N) is 2. The summed E-state index contributed by atoms with van der Waals surface area (Å²) in [6, 6.07) is -0.231. The summed E-state index contributed by atoms with van der Waals surface area (Å²) >= 11 is 0. The van der Waals surface area contributed by atoms with Crippen LogP contribution >= 0.6 is 0 Å². The van der Waals surface area contributed by atoms with Gasteiger partial charge in [0, 0.05) is 6.04 Å². The number of amides is 4. The van der Waals surface area contributed by atoms with E-state index in [1.165, 1.54) is 19.3 Å². The Balaban J connectivity index is 1.55. The number of nitrogens with zero attached hydrogens (tertiary/aromatic N) is 1. The maximum Gasteiger partial charge on any atom is 0.325 e. The fourth-order valence-electron chi connectivity index (χ4n) is 4.43. The Labute approximate surface area is 150 Å². The quantitative estimate of drug-likeness (QED) is 0.769. The molecule has 0 aromatic carbocycles. The Morgan fingerprint density at radius 1 is 1.08 bits per heavy atom. The molecular formula is C19H31N3O3. The first kappa shape index (κ1) is 18.2. The van der Waals surface area contributed by atoms with Gasteiger partial charge in [-0.3, -0.25) is 14.5 Å². The second kappa shape index (κ2) is 7.75. The molecule has 0 aromatic heterocycles. The lowest BCUT2D eigenvalue weighted by atomic mass is 9.77. The number of urea groups is 1. The van der Waals surface area contributed by atoms with Gasteiger partial charge in [0.2, 0.25) is 5.91 Å². The number of imide groups is 1. The Kier molecular flexibility index (Phi) is 5.64. The van der Waals surface area contributed by atoms with Crippen molar-refractivity contribution in [1.82, 2.24) is 15.5 Å². The van der Waals surface area contributed by atoms with Crippen LogP contribution in [-0.4, -0.2) is 40.9 Å². The van der Waals surface area contributed by atoms with Gasteiger partial charge in [-0.05, 0) is 44.4 Å². The maximum absolute atomic E-state index is 12.8. The molecule has 3 rings (SSSR count). The van der Waals surface area contributed by atoms with E-state index in [9.17, 15) is 14.4 Å². The molecule has 6 nitrogen and oxygen atoms in total. The van der Waals surface area contributed by atoms with Gasteiger partial charge in [0.05, 0.1) is 0 Å². The molecule has 0 radical (unpaired) electrons. The van der Waals surface area contributed by atoms with Gasteiger partial charge in [-0.15, -0.1) is 0 Å². The molecule has 3 aliphatic rings. The molecular weight excluding hydrogens is 318 g/mol. The van der Waals surface area contributed by atoms with Crippen LogP contribution in [0.4, 0.5) is 4.79 Å². The van der Waals surface area contributed by atoms with Gasteiger partial charge >= 0.3 is 6.03 Å². The third-order valence-electron chi connectivity index (χ3n) is 6.15. The molecule has 2 saturated carbocycles. The molecule has 1 aliphatic heterocycles. The second-order valence-corrected chi connectivity index (χ2v) is 8.20. The molecule has 1 spiro atoms. The monoisotopic (exact) mass is 349 g/mol. The Morgan fingerprint density at radius 2 is 1.68 bits per heavy atom. The molecule has 2 aliphatic carbocycles. The van der Waals surface area contributed by atoms with Crippen LogP contribution in [0.3, 0.4) is 0 Å². The minimum atomic E-state index is -0.760. The highest BCUT2D eigenvalue weighted by Gasteiger charge is 2.52. The van der Waals surface area contributed by atoms with Crippen molar-refractivity contribution in [2.75, 3.05) is 6.54 Å². The molecule has 2 N–H and O–H groups in total. The second-order valence-electron chi connectivity index (χ2n) is 8.20. The predicted octanol–water partition coefficient (Wildman–Crippen LogP) is 2.72. The van der Waals surface area contributed by atoms with Crippen LogP contribution in [0.25, 0.3) is 0 Å². The number of rotatable bonds is 3. The fraction of sp³-hybridized carbons (Fsp3) is 0.842. The van der Waals surface area contributed by atoms with Crippen LogP contribution in [0, 0.1) is 5.92 Å². The van der Waals surface area contributed by atoms with Crippen molar-refractivity contribution in [3.8, 4) is 0 Å². The van der Waals surface area contributed by atoms with E-state index in [1.807, 2.05) is 0 Å². The summed E-state index contributed by atoms with van der Waals surface area (Å²) in [4.78, 5) is 38.6. The highest BCUT2D eigenvalue weighted by molar-refractivity contribution is 6.09. The van der Waals surface area contributed by atoms with E-state index in [-0.39, 0.29) is 24.4 Å². The first-order valence-electron chi connectivity index (χ1n) is 9.94. The molecule has 1 saturated heterocycles. The van der Waals surface area contributed by atoms with Crippen LogP contribution in [-0.2, 0) is 9.59 Å². The summed E-state index contributed by atoms with van der Waals surface area (Å²) in [6.07, 6.45) is 11.2. The van der Waals surface area contributed by atoms with Crippen molar-refractivity contribution >= 4 is 17.8 Å². The molecule has 3 fully saturated rings. The molecule has 0 atom stereocenters. The van der Waals surface area contributed by atoms with Crippen LogP contribution in [0.15, 0.2) is 0 Å². The molecule has 140 valence electrons. The van der Waals surface area contributed by atoms with Gasteiger partial charge < -0.3 is 10.6 Å². The number of hydrogen-bond acceptors (Lipinski definition) is 3. The zero-order valence-electron chi connectivity index (χ0n) is 15.3. The standard InChI is InChI=1S/C19H31N3O3/c1-14-9-11-19(12-10-14)17(24)22(18(25)21-19)13-16(23)20-15-7-5-3-2-4-6-8-15/h14-15H,2-13H2,1H3,(H,20,23)(H,21,25). The van der Waals surface area contributed by atoms with E-state index in [0.29, 0.717) is 18.8 Å². The number of hydrogen-bond donors (Lipinski definition) is 2. The van der Waals surface area contributed by atoms with E-state index in [2.05, 4.69) is 17.6 Å². The lowest BCUT2D eigenvalue weighted by molar-refractivity contribution is -0.136. The van der Waals surface area contributed by atoms with Crippen LogP contribution in [0.5, 0.6) is 0 Å². The van der Waals surface area contributed by atoms with Gasteiger partial charge in [-0.1, -0.05) is 39.0 Å². The summed E-state index contributed by atoms with van der Waals surface area (Å²) in [5.41, 5.74) is -0.760. The van der Waals surface area contributed by atoms with Gasteiger partial charge in [-0.2, -0.15) is 0 Å². The Hall–Kier alpha value is -1.59. The minimum Gasteiger partial charge on any atom is -0.352 e. The highest BCUT2D eigenvalue weighted by atomic mass is 16.2. The summed E-state index contributed by atoms with van der Waals surface area (Å²) in [5, 5.41) is 5.91. The summed E-state index contributed by atoms with van der Waals surface area (Å²) < 4.78 is 0. The lowest BCUT2D eigenvalue weighted by Gasteiger charge is -2.33. The molecule has 0 bridgehead atoms. The largest absolute Gasteiger partial charge is 0.352 e. The van der Waals surface area contributed by atoms with Crippen molar-refractivity contribution in [3.05, 3.63) is 0 Å². The Bertz CT molecular complexity index is 518. The van der Waals surface area contributed by atoms with Gasteiger partial charge in [-0.25, -0.2) is 4.79 Å². The van der Waals surface area contributed by atoms with E-state index in [0.717, 1.165) is 43.4 Å². The normalized spacial score (nSPS) is 31.6. The fourth-order valence-corrected chi connectivity index (χ4v) is 4.43. The van der Waals surface area contributed by atoms with Crippen molar-refractivity contribution in [2.24, 2.45) is 5.92 Å². The van der Waals surface area contributed by atoms with Crippen molar-refractivity contribution in [1.29, 1.82) is 0 Å². The zero-order chi connectivity index (χ0) is 17.9. The third kappa shape index (κ3) is 4.15. The van der Waals surface area contributed by atoms with Crippen LogP contribution < -0.4 is 10.6 Å². The molecule has 6 heteroatoms. The Morgan fingerprint density at radius 3 is 2.32 bits per heavy atom. The smallest absolute Gasteiger partial charge is 0.325 e. The summed E-state index contributed by atoms with van der Waals surface area (Å²) in [5.74, 6) is 0.166. The van der Waals surface area contributed by atoms with Gasteiger partial charge in [0.25, 0.3) is 5.91 Å². The summed E-state index contributed by atoms with van der Waals surface area (Å²) in [7, 11) is 0. The first-order valence-corrected chi connectivity index (χ1v) is 9.94. The van der Waals surface area contributed by atoms with Crippen LogP contribution in [0.2, 0.25) is 0 Å². The van der Waals surface area contributed by atoms with Gasteiger partial charge in [0.1, 0.15) is 12.1 Å². The predicted molar refractivity (Wildman–Crippen MR) is 94.9 cm³/mol. The third-order valence-corrected chi connectivity index (χ3v) is 6.15. The first-order chi connectivity index (χ1) is 12.0. The van der Waals surface area contributed by atoms with E-state index >= 15 is 0 Å². The van der Waals surface area contributed by atoms with Crippen molar-refractivity contribution in [2.45, 2.75) is 89.1 Å². The van der Waals surface area contributed by atoms with E-state index < -0.39 is 11.6 Å². The average molecular weight is 349 g/mol.